The number of carboxylic acid groups (broad SMARTS) is 1. The van der Waals surface area contributed by atoms with E-state index in [4.69, 9.17) is 9.84 Å². The van der Waals surface area contributed by atoms with Crippen LogP contribution in [0.4, 0.5) is 0 Å². The number of benzene rings is 1. The molecule has 0 fully saturated rings. The van der Waals surface area contributed by atoms with E-state index in [2.05, 4.69) is 15.9 Å². The summed E-state index contributed by atoms with van der Waals surface area (Å²) in [6.45, 7) is 0.525. The molecule has 0 spiro atoms. The zero-order valence-electron chi connectivity index (χ0n) is 7.79. The third-order valence-electron chi connectivity index (χ3n) is 1.87. The van der Waals surface area contributed by atoms with Crippen molar-refractivity contribution in [3.8, 4) is 0 Å². The third kappa shape index (κ3) is 2.82. The number of carboxylic acids is 1. The summed E-state index contributed by atoms with van der Waals surface area (Å²) >= 11 is 3.30. The fourth-order valence-electron chi connectivity index (χ4n) is 1.19. The number of methoxy groups -OCH3 is 1. The van der Waals surface area contributed by atoms with Crippen LogP contribution in [0.5, 0.6) is 0 Å². The second-order valence-corrected chi connectivity index (χ2v) is 3.77. The highest BCUT2D eigenvalue weighted by Crippen LogP contribution is 2.17. The summed E-state index contributed by atoms with van der Waals surface area (Å²) in [7, 11) is 1.60. The molecule has 0 heterocycles. The van der Waals surface area contributed by atoms with Crippen molar-refractivity contribution in [2.75, 3.05) is 13.7 Å². The topological polar surface area (TPSA) is 46.5 Å². The third-order valence-corrected chi connectivity index (χ3v) is 2.37. The first-order chi connectivity index (χ1) is 6.65. The molecule has 0 saturated carbocycles. The quantitative estimate of drug-likeness (QED) is 0.902. The summed E-state index contributed by atoms with van der Waals surface area (Å²) in [5.74, 6) is -0.899. The Morgan fingerprint density at radius 1 is 1.57 bits per heavy atom. The Kier molecular flexibility index (Phi) is 4.10. The maximum absolute atomic E-state index is 10.8. The van der Waals surface area contributed by atoms with E-state index in [1.807, 2.05) is 6.07 Å². The molecular weight excluding hydrogens is 248 g/mol. The van der Waals surface area contributed by atoms with Gasteiger partial charge in [-0.2, -0.15) is 0 Å². The molecule has 0 aliphatic carbocycles. The first kappa shape index (κ1) is 11.2. The van der Waals surface area contributed by atoms with E-state index in [9.17, 15) is 4.79 Å². The van der Waals surface area contributed by atoms with Crippen molar-refractivity contribution < 1.29 is 14.6 Å². The lowest BCUT2D eigenvalue weighted by Gasteiger charge is -2.05. The molecule has 0 aromatic heterocycles. The summed E-state index contributed by atoms with van der Waals surface area (Å²) in [6.07, 6.45) is 0.609. The second kappa shape index (κ2) is 5.12. The predicted molar refractivity (Wildman–Crippen MR) is 56.7 cm³/mol. The van der Waals surface area contributed by atoms with Crippen LogP contribution >= 0.6 is 15.9 Å². The van der Waals surface area contributed by atoms with Gasteiger partial charge in [0.15, 0.2) is 0 Å². The Hall–Kier alpha value is -0.870. The van der Waals surface area contributed by atoms with Gasteiger partial charge in [0.05, 0.1) is 12.2 Å². The Labute approximate surface area is 90.8 Å². The molecule has 0 unspecified atom stereocenters. The van der Waals surface area contributed by atoms with Crippen LogP contribution in [-0.2, 0) is 11.2 Å². The summed E-state index contributed by atoms with van der Waals surface area (Å²) in [6, 6.07) is 5.12. The molecule has 1 aromatic carbocycles. The highest BCUT2D eigenvalue weighted by molar-refractivity contribution is 9.10. The normalized spacial score (nSPS) is 10.1. The van der Waals surface area contributed by atoms with E-state index in [0.29, 0.717) is 18.6 Å². The maximum atomic E-state index is 10.8. The fraction of sp³-hybridized carbons (Fsp3) is 0.300. The Bertz CT molecular complexity index is 336. The first-order valence-electron chi connectivity index (χ1n) is 4.16. The smallest absolute Gasteiger partial charge is 0.335 e. The second-order valence-electron chi connectivity index (χ2n) is 2.85. The molecule has 0 saturated heterocycles. The van der Waals surface area contributed by atoms with Gasteiger partial charge in [-0.1, -0.05) is 15.9 Å². The highest BCUT2D eigenvalue weighted by Gasteiger charge is 2.09. The Morgan fingerprint density at radius 2 is 2.29 bits per heavy atom. The van der Waals surface area contributed by atoms with Gasteiger partial charge in [-0.05, 0) is 30.2 Å². The van der Waals surface area contributed by atoms with Crippen LogP contribution in [0, 0.1) is 0 Å². The SMILES string of the molecule is COCCc1cc(Br)ccc1C(=O)O. The molecule has 0 atom stereocenters. The van der Waals surface area contributed by atoms with Gasteiger partial charge in [0.2, 0.25) is 0 Å². The van der Waals surface area contributed by atoms with E-state index in [0.717, 1.165) is 10.0 Å². The predicted octanol–water partition coefficient (Wildman–Crippen LogP) is 2.34. The highest BCUT2D eigenvalue weighted by atomic mass is 79.9. The van der Waals surface area contributed by atoms with Crippen LogP contribution < -0.4 is 0 Å². The zero-order valence-corrected chi connectivity index (χ0v) is 9.37. The maximum Gasteiger partial charge on any atom is 0.335 e. The molecule has 1 N–H and O–H groups in total. The number of rotatable bonds is 4. The minimum atomic E-state index is -0.899. The average molecular weight is 259 g/mol. The van der Waals surface area contributed by atoms with E-state index < -0.39 is 5.97 Å². The summed E-state index contributed by atoms with van der Waals surface area (Å²) in [4.78, 5) is 10.8. The average Bonchev–Trinajstić information content (AvgIpc) is 2.14. The Morgan fingerprint density at radius 3 is 2.86 bits per heavy atom. The van der Waals surface area contributed by atoms with Gasteiger partial charge in [-0.15, -0.1) is 0 Å². The standard InChI is InChI=1S/C10H11BrO3/c1-14-5-4-7-6-8(11)2-3-9(7)10(12)13/h2-3,6H,4-5H2,1H3,(H,12,13). The summed E-state index contributed by atoms with van der Waals surface area (Å²) < 4.78 is 5.80. The molecule has 0 bridgehead atoms. The van der Waals surface area contributed by atoms with Gasteiger partial charge in [0.1, 0.15) is 0 Å². The van der Waals surface area contributed by atoms with Crippen LogP contribution in [0.1, 0.15) is 15.9 Å². The van der Waals surface area contributed by atoms with Crippen LogP contribution in [-0.4, -0.2) is 24.8 Å². The van der Waals surface area contributed by atoms with Crippen molar-refractivity contribution >= 4 is 21.9 Å². The summed E-state index contributed by atoms with van der Waals surface area (Å²) in [5.41, 5.74) is 1.12. The molecule has 3 nitrogen and oxygen atoms in total. The monoisotopic (exact) mass is 258 g/mol. The van der Waals surface area contributed by atoms with Crippen molar-refractivity contribution in [2.24, 2.45) is 0 Å². The van der Waals surface area contributed by atoms with Crippen molar-refractivity contribution in [3.63, 3.8) is 0 Å². The molecule has 1 rings (SSSR count). The minimum absolute atomic E-state index is 0.338. The number of hydrogen-bond acceptors (Lipinski definition) is 2. The molecule has 14 heavy (non-hydrogen) atoms. The lowest BCUT2D eigenvalue weighted by molar-refractivity contribution is 0.0695. The molecule has 0 aliphatic rings. The fourth-order valence-corrected chi connectivity index (χ4v) is 1.60. The lowest BCUT2D eigenvalue weighted by Crippen LogP contribution is -2.05. The largest absolute Gasteiger partial charge is 0.478 e. The molecule has 76 valence electrons. The number of halogens is 1. The number of hydrogen-bond donors (Lipinski definition) is 1. The van der Waals surface area contributed by atoms with Gasteiger partial charge in [0, 0.05) is 11.6 Å². The van der Waals surface area contributed by atoms with E-state index in [1.165, 1.54) is 0 Å². The lowest BCUT2D eigenvalue weighted by atomic mass is 10.1. The molecule has 0 amide bonds. The first-order valence-corrected chi connectivity index (χ1v) is 4.95. The van der Waals surface area contributed by atoms with Gasteiger partial charge >= 0.3 is 5.97 Å². The number of aromatic carboxylic acids is 1. The van der Waals surface area contributed by atoms with E-state index in [-0.39, 0.29) is 0 Å². The summed E-state index contributed by atoms with van der Waals surface area (Å²) in [5, 5.41) is 8.90. The van der Waals surface area contributed by atoms with Crippen LogP contribution in [0.3, 0.4) is 0 Å². The molecule has 0 aliphatic heterocycles. The van der Waals surface area contributed by atoms with Crippen LogP contribution in [0.2, 0.25) is 0 Å². The van der Waals surface area contributed by atoms with E-state index >= 15 is 0 Å². The number of carbonyl (C=O) groups is 1. The van der Waals surface area contributed by atoms with E-state index in [1.54, 1.807) is 19.2 Å². The number of ether oxygens (including phenoxy) is 1. The van der Waals surface area contributed by atoms with Crippen molar-refractivity contribution in [2.45, 2.75) is 6.42 Å². The van der Waals surface area contributed by atoms with Crippen molar-refractivity contribution in [1.29, 1.82) is 0 Å². The van der Waals surface area contributed by atoms with Crippen LogP contribution in [0.25, 0.3) is 0 Å². The van der Waals surface area contributed by atoms with Crippen molar-refractivity contribution in [1.82, 2.24) is 0 Å². The minimum Gasteiger partial charge on any atom is -0.478 e. The van der Waals surface area contributed by atoms with Gasteiger partial charge in [-0.3, -0.25) is 0 Å². The van der Waals surface area contributed by atoms with Crippen molar-refractivity contribution in [3.05, 3.63) is 33.8 Å². The molecular formula is C10H11BrO3. The molecule has 0 radical (unpaired) electrons. The Balaban J connectivity index is 2.97. The van der Waals surface area contributed by atoms with Gasteiger partial charge in [0.25, 0.3) is 0 Å². The zero-order chi connectivity index (χ0) is 10.6. The molecule has 1 aromatic rings. The molecule has 4 heteroatoms. The van der Waals surface area contributed by atoms with Crippen LogP contribution in [0.15, 0.2) is 22.7 Å². The van der Waals surface area contributed by atoms with Gasteiger partial charge < -0.3 is 9.84 Å². The van der Waals surface area contributed by atoms with Gasteiger partial charge in [-0.25, -0.2) is 4.79 Å².